The van der Waals surface area contributed by atoms with Crippen molar-refractivity contribution in [3.8, 4) is 0 Å². The third-order valence-corrected chi connectivity index (χ3v) is 4.19. The average molecular weight is 236 g/mol. The Balaban J connectivity index is 2.30. The van der Waals surface area contributed by atoms with E-state index in [1.165, 1.54) is 34.0 Å². The van der Waals surface area contributed by atoms with Gasteiger partial charge in [-0.05, 0) is 38.1 Å². The molecule has 0 saturated heterocycles. The summed E-state index contributed by atoms with van der Waals surface area (Å²) >= 11 is 2.00. The van der Waals surface area contributed by atoms with Gasteiger partial charge in [0.15, 0.2) is 0 Å². The number of likely N-dealkylation sites (N-methyl/N-ethyl adjacent to an activating group) is 1. The molecule has 1 heterocycles. The quantitative estimate of drug-likeness (QED) is 0.868. The van der Waals surface area contributed by atoms with Gasteiger partial charge >= 0.3 is 0 Å². The van der Waals surface area contributed by atoms with Crippen LogP contribution in [-0.2, 0) is 0 Å². The number of nitrogens with zero attached hydrogens (tertiary/aromatic N) is 1. The molecule has 1 aromatic rings. The summed E-state index contributed by atoms with van der Waals surface area (Å²) in [6, 6.07) is 4.61. The molecule has 2 rings (SSSR count). The van der Waals surface area contributed by atoms with Gasteiger partial charge in [-0.3, -0.25) is 0 Å². The highest BCUT2D eigenvalue weighted by atomic mass is 32.2. The normalized spacial score (nSPS) is 15.1. The molecule has 1 aliphatic heterocycles. The van der Waals surface area contributed by atoms with E-state index in [0.717, 1.165) is 13.1 Å². The molecule has 0 unspecified atom stereocenters. The maximum atomic E-state index is 3.23. The maximum Gasteiger partial charge on any atom is 0.0510 e. The summed E-state index contributed by atoms with van der Waals surface area (Å²) in [6.07, 6.45) is 0. The highest BCUT2D eigenvalue weighted by Gasteiger charge is 2.18. The van der Waals surface area contributed by atoms with Crippen molar-refractivity contribution >= 4 is 17.4 Å². The Bertz CT molecular complexity index is 376. The molecule has 0 amide bonds. The van der Waals surface area contributed by atoms with Crippen LogP contribution in [-0.4, -0.2) is 32.4 Å². The Labute approximate surface area is 102 Å². The van der Waals surface area contributed by atoms with Crippen molar-refractivity contribution < 1.29 is 0 Å². The molecule has 1 aliphatic rings. The Hall–Kier alpha value is -0.670. The fourth-order valence-corrected chi connectivity index (χ4v) is 3.35. The Morgan fingerprint density at radius 1 is 1.38 bits per heavy atom. The fraction of sp³-hybridized carbons (Fsp3) is 0.538. The molecule has 2 nitrogen and oxygen atoms in total. The molecule has 88 valence electrons. The van der Waals surface area contributed by atoms with Gasteiger partial charge in [0, 0.05) is 30.3 Å². The summed E-state index contributed by atoms with van der Waals surface area (Å²) in [7, 11) is 2.01. The predicted molar refractivity (Wildman–Crippen MR) is 72.8 cm³/mol. The predicted octanol–water partition coefficient (Wildman–Crippen LogP) is 2.43. The lowest BCUT2D eigenvalue weighted by Gasteiger charge is -2.32. The first kappa shape index (κ1) is 11.8. The second-order valence-corrected chi connectivity index (χ2v) is 5.47. The van der Waals surface area contributed by atoms with Gasteiger partial charge in [-0.1, -0.05) is 6.07 Å². The standard InChI is InChI=1S/C13H20N2S/c1-10-8-11(2)13-12(9-10)15(5-4-14-3)6-7-16-13/h8-9,14H,4-7H2,1-3H3. The van der Waals surface area contributed by atoms with E-state index in [9.17, 15) is 0 Å². The van der Waals surface area contributed by atoms with Crippen molar-refractivity contribution in [3.63, 3.8) is 0 Å². The van der Waals surface area contributed by atoms with Crippen LogP contribution in [0.15, 0.2) is 17.0 Å². The number of benzene rings is 1. The van der Waals surface area contributed by atoms with Crippen molar-refractivity contribution in [2.75, 3.05) is 37.3 Å². The molecule has 0 radical (unpaired) electrons. The summed E-state index contributed by atoms with van der Waals surface area (Å²) < 4.78 is 0. The van der Waals surface area contributed by atoms with E-state index in [1.807, 2.05) is 18.8 Å². The third kappa shape index (κ3) is 2.36. The van der Waals surface area contributed by atoms with Gasteiger partial charge in [0.05, 0.1) is 5.69 Å². The largest absolute Gasteiger partial charge is 0.368 e. The van der Waals surface area contributed by atoms with E-state index in [1.54, 1.807) is 0 Å². The zero-order chi connectivity index (χ0) is 11.5. The van der Waals surface area contributed by atoms with Gasteiger partial charge in [0.25, 0.3) is 0 Å². The summed E-state index contributed by atoms with van der Waals surface area (Å²) in [5.41, 5.74) is 4.23. The average Bonchev–Trinajstić information content (AvgIpc) is 2.26. The van der Waals surface area contributed by atoms with E-state index in [-0.39, 0.29) is 0 Å². The van der Waals surface area contributed by atoms with Crippen LogP contribution in [0, 0.1) is 13.8 Å². The van der Waals surface area contributed by atoms with Gasteiger partial charge in [-0.25, -0.2) is 0 Å². The molecular weight excluding hydrogens is 216 g/mol. The minimum Gasteiger partial charge on any atom is -0.368 e. The molecule has 0 spiro atoms. The lowest BCUT2D eigenvalue weighted by atomic mass is 10.1. The molecular formula is C13H20N2S. The molecule has 0 saturated carbocycles. The number of hydrogen-bond acceptors (Lipinski definition) is 3. The van der Waals surface area contributed by atoms with Gasteiger partial charge in [0.1, 0.15) is 0 Å². The van der Waals surface area contributed by atoms with Crippen LogP contribution in [0.4, 0.5) is 5.69 Å². The minimum absolute atomic E-state index is 1.05. The molecule has 3 heteroatoms. The fourth-order valence-electron chi connectivity index (χ4n) is 2.21. The SMILES string of the molecule is CNCCN1CCSc2c(C)cc(C)cc21. The van der Waals surface area contributed by atoms with Crippen molar-refractivity contribution in [1.29, 1.82) is 0 Å². The second kappa shape index (κ2) is 5.11. The monoisotopic (exact) mass is 236 g/mol. The van der Waals surface area contributed by atoms with Crippen LogP contribution < -0.4 is 10.2 Å². The highest BCUT2D eigenvalue weighted by molar-refractivity contribution is 7.99. The number of fused-ring (bicyclic) bond motifs is 1. The Kier molecular flexibility index (Phi) is 3.77. The lowest BCUT2D eigenvalue weighted by Crippen LogP contribution is -2.35. The number of anilines is 1. The molecule has 1 aromatic carbocycles. The van der Waals surface area contributed by atoms with E-state index in [4.69, 9.17) is 0 Å². The van der Waals surface area contributed by atoms with Crippen LogP contribution >= 0.6 is 11.8 Å². The first-order valence-corrected chi connectivity index (χ1v) is 6.84. The van der Waals surface area contributed by atoms with Crippen LogP contribution in [0.25, 0.3) is 0 Å². The molecule has 0 bridgehead atoms. The summed E-state index contributed by atoms with van der Waals surface area (Å²) in [4.78, 5) is 3.98. The molecule has 0 fully saturated rings. The second-order valence-electron chi connectivity index (χ2n) is 4.37. The van der Waals surface area contributed by atoms with E-state index < -0.39 is 0 Å². The van der Waals surface area contributed by atoms with E-state index in [2.05, 4.69) is 36.2 Å². The number of aryl methyl sites for hydroxylation is 2. The van der Waals surface area contributed by atoms with Crippen molar-refractivity contribution in [1.82, 2.24) is 5.32 Å². The highest BCUT2D eigenvalue weighted by Crippen LogP contribution is 2.37. The third-order valence-electron chi connectivity index (χ3n) is 2.98. The smallest absolute Gasteiger partial charge is 0.0510 e. The van der Waals surface area contributed by atoms with Crippen LogP contribution in [0.2, 0.25) is 0 Å². The van der Waals surface area contributed by atoms with Crippen molar-refractivity contribution in [2.45, 2.75) is 18.7 Å². The Morgan fingerprint density at radius 2 is 2.19 bits per heavy atom. The van der Waals surface area contributed by atoms with Gasteiger partial charge in [0.2, 0.25) is 0 Å². The number of nitrogens with one attached hydrogen (secondary N) is 1. The first-order valence-electron chi connectivity index (χ1n) is 5.86. The van der Waals surface area contributed by atoms with Crippen LogP contribution in [0.3, 0.4) is 0 Å². The van der Waals surface area contributed by atoms with Gasteiger partial charge in [-0.2, -0.15) is 0 Å². The van der Waals surface area contributed by atoms with Gasteiger partial charge < -0.3 is 10.2 Å². The lowest BCUT2D eigenvalue weighted by molar-refractivity contribution is 0.730. The van der Waals surface area contributed by atoms with E-state index >= 15 is 0 Å². The summed E-state index contributed by atoms with van der Waals surface area (Å²) in [5.74, 6) is 1.21. The minimum atomic E-state index is 1.05. The zero-order valence-electron chi connectivity index (χ0n) is 10.3. The van der Waals surface area contributed by atoms with Crippen LogP contribution in [0.1, 0.15) is 11.1 Å². The molecule has 0 aromatic heterocycles. The number of hydrogen-bond donors (Lipinski definition) is 1. The molecule has 0 atom stereocenters. The summed E-state index contributed by atoms with van der Waals surface area (Å²) in [5, 5.41) is 3.23. The zero-order valence-corrected chi connectivity index (χ0v) is 11.2. The van der Waals surface area contributed by atoms with E-state index in [0.29, 0.717) is 0 Å². The Morgan fingerprint density at radius 3 is 2.94 bits per heavy atom. The molecule has 16 heavy (non-hydrogen) atoms. The number of thioether (sulfide) groups is 1. The van der Waals surface area contributed by atoms with Crippen molar-refractivity contribution in [3.05, 3.63) is 23.3 Å². The molecule has 1 N–H and O–H groups in total. The topological polar surface area (TPSA) is 15.3 Å². The first-order chi connectivity index (χ1) is 7.72. The van der Waals surface area contributed by atoms with Crippen LogP contribution in [0.5, 0.6) is 0 Å². The van der Waals surface area contributed by atoms with Gasteiger partial charge in [-0.15, -0.1) is 11.8 Å². The summed E-state index contributed by atoms with van der Waals surface area (Å²) in [6.45, 7) is 7.73. The number of rotatable bonds is 3. The van der Waals surface area contributed by atoms with Crippen molar-refractivity contribution in [2.24, 2.45) is 0 Å². The maximum absolute atomic E-state index is 3.23. The molecule has 0 aliphatic carbocycles.